The molecule has 11 nitrogen and oxygen atoms in total. The van der Waals surface area contributed by atoms with Gasteiger partial charge in [0.15, 0.2) is 17.0 Å². The maximum atomic E-state index is 14.5. The first-order valence-electron chi connectivity index (χ1n) is 13.9. The third-order valence-corrected chi connectivity index (χ3v) is 9.14. The number of amides is 2. The predicted octanol–water partition coefficient (Wildman–Crippen LogP) is 3.29. The van der Waals surface area contributed by atoms with Gasteiger partial charge in [-0.25, -0.2) is 18.7 Å². The van der Waals surface area contributed by atoms with Crippen LogP contribution in [0.15, 0.2) is 39.7 Å². The van der Waals surface area contributed by atoms with Crippen molar-refractivity contribution in [3.05, 3.63) is 63.8 Å². The number of carbonyl (C=O) groups excluding carboxylic acids is 3. The standard InChI is InChI=1S/C29H31FN6O5/c1-3-23(37)29-9-6-28(7-10-29,8-11-29)16-32-26(39)21-13-19(34-24-18(30)15-33-36(21)24)25(38)31-14-17-4-5-22-20(12-17)35(2)27(40)41-22/h4-5,12-13,15H,3,6-11,14,16H2,1-2H3,(H,31,38)(H,32,39). The van der Waals surface area contributed by atoms with Crippen molar-refractivity contribution in [1.29, 1.82) is 0 Å². The summed E-state index contributed by atoms with van der Waals surface area (Å²) in [7, 11) is 1.59. The van der Waals surface area contributed by atoms with E-state index in [9.17, 15) is 23.6 Å². The van der Waals surface area contributed by atoms with Crippen molar-refractivity contribution in [2.45, 2.75) is 58.4 Å². The summed E-state index contributed by atoms with van der Waals surface area (Å²) in [6.07, 6.45) is 6.64. The fourth-order valence-electron chi connectivity index (χ4n) is 6.45. The number of Topliss-reactive ketones (excluding diaryl/α,β-unsaturated/α-hetero) is 1. The van der Waals surface area contributed by atoms with Crippen LogP contribution >= 0.6 is 0 Å². The molecule has 4 aromatic rings. The van der Waals surface area contributed by atoms with Gasteiger partial charge in [0.25, 0.3) is 11.8 Å². The molecule has 0 spiro atoms. The third-order valence-electron chi connectivity index (χ3n) is 9.14. The summed E-state index contributed by atoms with van der Waals surface area (Å²) in [5, 5.41) is 9.69. The second kappa shape index (κ2) is 9.93. The average molecular weight is 563 g/mol. The van der Waals surface area contributed by atoms with Crippen LogP contribution in [-0.2, 0) is 18.4 Å². The summed E-state index contributed by atoms with van der Waals surface area (Å²) < 4.78 is 22.1. The molecule has 0 aliphatic heterocycles. The van der Waals surface area contributed by atoms with E-state index >= 15 is 0 Å². The Hall–Kier alpha value is -4.35. The molecule has 0 radical (unpaired) electrons. The summed E-state index contributed by atoms with van der Waals surface area (Å²) in [5.74, 6) is -1.98. The molecule has 0 atom stereocenters. The van der Waals surface area contributed by atoms with E-state index in [4.69, 9.17) is 4.42 Å². The molecule has 0 saturated heterocycles. The van der Waals surface area contributed by atoms with E-state index in [-0.39, 0.29) is 34.4 Å². The molecular formula is C29H31FN6O5. The van der Waals surface area contributed by atoms with Crippen molar-refractivity contribution in [3.63, 3.8) is 0 Å². The van der Waals surface area contributed by atoms with Crippen LogP contribution in [0, 0.1) is 16.6 Å². The van der Waals surface area contributed by atoms with Crippen molar-refractivity contribution in [2.24, 2.45) is 17.9 Å². The molecule has 3 fully saturated rings. The average Bonchev–Trinajstić information content (AvgIpc) is 3.52. The van der Waals surface area contributed by atoms with Gasteiger partial charge in [-0.05, 0) is 61.6 Å². The van der Waals surface area contributed by atoms with Gasteiger partial charge in [-0.15, -0.1) is 0 Å². The van der Waals surface area contributed by atoms with Gasteiger partial charge >= 0.3 is 5.76 Å². The lowest BCUT2D eigenvalue weighted by Gasteiger charge is -2.52. The van der Waals surface area contributed by atoms with Crippen LogP contribution < -0.4 is 16.4 Å². The van der Waals surface area contributed by atoms with Gasteiger partial charge < -0.3 is 15.1 Å². The number of nitrogens with one attached hydrogen (secondary N) is 2. The molecule has 1 aromatic carbocycles. The monoisotopic (exact) mass is 562 g/mol. The number of rotatable bonds is 8. The number of aryl methyl sites for hydroxylation is 1. The van der Waals surface area contributed by atoms with E-state index in [0.717, 1.165) is 49.2 Å². The maximum absolute atomic E-state index is 14.5. The maximum Gasteiger partial charge on any atom is 0.419 e. The summed E-state index contributed by atoms with van der Waals surface area (Å²) in [4.78, 5) is 54.8. The van der Waals surface area contributed by atoms with Gasteiger partial charge in [0, 0.05) is 38.0 Å². The first-order valence-corrected chi connectivity index (χ1v) is 13.9. The SMILES string of the molecule is CCC(=O)C12CCC(CNC(=O)c3cc(C(=O)NCc4ccc5oc(=O)n(C)c5c4)nc4c(F)cnn34)(CC1)CC2. The highest BCUT2D eigenvalue weighted by Crippen LogP contribution is 2.57. The Bertz CT molecular complexity index is 1740. The zero-order valence-electron chi connectivity index (χ0n) is 23.0. The first-order chi connectivity index (χ1) is 19.6. The van der Waals surface area contributed by atoms with Crippen LogP contribution in [0.4, 0.5) is 4.39 Å². The van der Waals surface area contributed by atoms with E-state index < -0.39 is 23.4 Å². The highest BCUT2D eigenvalue weighted by Gasteiger charge is 2.51. The Morgan fingerprint density at radius 2 is 1.78 bits per heavy atom. The molecule has 3 aromatic heterocycles. The van der Waals surface area contributed by atoms with Gasteiger partial charge in [-0.1, -0.05) is 13.0 Å². The summed E-state index contributed by atoms with van der Waals surface area (Å²) in [6, 6.07) is 6.39. The second-order valence-corrected chi connectivity index (χ2v) is 11.4. The molecule has 2 N–H and O–H groups in total. The second-order valence-electron chi connectivity index (χ2n) is 11.4. The lowest BCUT2D eigenvalue weighted by molar-refractivity contribution is -0.137. The molecule has 3 heterocycles. The molecule has 3 aliphatic rings. The van der Waals surface area contributed by atoms with E-state index in [2.05, 4.69) is 20.7 Å². The summed E-state index contributed by atoms with van der Waals surface area (Å²) in [5.41, 5.74) is 1.09. The van der Waals surface area contributed by atoms with Crippen LogP contribution in [0.3, 0.4) is 0 Å². The van der Waals surface area contributed by atoms with Gasteiger partial charge in [0.1, 0.15) is 17.2 Å². The Balaban J connectivity index is 1.18. The fourth-order valence-corrected chi connectivity index (χ4v) is 6.45. The minimum atomic E-state index is -0.755. The number of hydrogen-bond acceptors (Lipinski definition) is 7. The number of halogens is 1. The number of benzene rings is 1. The zero-order chi connectivity index (χ0) is 28.9. The van der Waals surface area contributed by atoms with Gasteiger partial charge in [-0.2, -0.15) is 5.10 Å². The normalized spacial score (nSPS) is 21.8. The number of ketones is 1. The number of carbonyl (C=O) groups is 3. The van der Waals surface area contributed by atoms with Crippen LogP contribution in [0.1, 0.15) is 78.4 Å². The third kappa shape index (κ3) is 4.60. The van der Waals surface area contributed by atoms with Crippen molar-refractivity contribution < 1.29 is 23.2 Å². The fraction of sp³-hybridized carbons (Fsp3) is 0.448. The predicted molar refractivity (Wildman–Crippen MR) is 146 cm³/mol. The lowest BCUT2D eigenvalue weighted by atomic mass is 9.52. The molecule has 0 unspecified atom stereocenters. The highest BCUT2D eigenvalue weighted by atomic mass is 19.1. The van der Waals surface area contributed by atoms with Crippen molar-refractivity contribution >= 4 is 34.3 Å². The smallest absolute Gasteiger partial charge is 0.408 e. The Morgan fingerprint density at radius 1 is 1.05 bits per heavy atom. The molecular weight excluding hydrogens is 531 g/mol. The van der Waals surface area contributed by atoms with Crippen LogP contribution in [0.25, 0.3) is 16.7 Å². The van der Waals surface area contributed by atoms with Gasteiger partial charge in [0.05, 0.1) is 11.7 Å². The molecule has 41 heavy (non-hydrogen) atoms. The Kier molecular flexibility index (Phi) is 6.50. The quantitative estimate of drug-likeness (QED) is 0.336. The summed E-state index contributed by atoms with van der Waals surface area (Å²) in [6.45, 7) is 2.45. The summed E-state index contributed by atoms with van der Waals surface area (Å²) >= 11 is 0. The number of aromatic nitrogens is 4. The van der Waals surface area contributed by atoms with Crippen molar-refractivity contribution in [2.75, 3.05) is 6.54 Å². The number of nitrogens with zero attached hydrogens (tertiary/aromatic N) is 4. The molecule has 2 bridgehead atoms. The Labute approximate surface area is 234 Å². The molecule has 3 aliphatic carbocycles. The topological polar surface area (TPSA) is 141 Å². The van der Waals surface area contributed by atoms with E-state index in [1.165, 1.54) is 10.6 Å². The number of fused-ring (bicyclic) bond motifs is 5. The van der Waals surface area contributed by atoms with Crippen LogP contribution in [0.2, 0.25) is 0 Å². The number of hydrogen-bond donors (Lipinski definition) is 2. The molecule has 3 saturated carbocycles. The minimum Gasteiger partial charge on any atom is -0.408 e. The van der Waals surface area contributed by atoms with E-state index in [0.29, 0.717) is 35.4 Å². The lowest BCUT2D eigenvalue weighted by Crippen LogP contribution is -2.50. The molecule has 214 valence electrons. The van der Waals surface area contributed by atoms with Gasteiger partial charge in [-0.3, -0.25) is 19.0 Å². The first kappa shape index (κ1) is 26.9. The molecule has 12 heteroatoms. The van der Waals surface area contributed by atoms with Gasteiger partial charge in [0.2, 0.25) is 0 Å². The van der Waals surface area contributed by atoms with Crippen LogP contribution in [0.5, 0.6) is 0 Å². The van der Waals surface area contributed by atoms with Crippen molar-refractivity contribution in [3.8, 4) is 0 Å². The van der Waals surface area contributed by atoms with E-state index in [1.54, 1.807) is 25.2 Å². The molecule has 2 amide bonds. The van der Waals surface area contributed by atoms with E-state index in [1.807, 2.05) is 6.92 Å². The Morgan fingerprint density at radius 3 is 2.49 bits per heavy atom. The minimum absolute atomic E-state index is 0.00241. The largest absolute Gasteiger partial charge is 0.419 e. The van der Waals surface area contributed by atoms with Crippen molar-refractivity contribution in [1.82, 2.24) is 29.8 Å². The van der Waals surface area contributed by atoms with Crippen LogP contribution in [-0.4, -0.2) is 43.3 Å². The zero-order valence-corrected chi connectivity index (χ0v) is 23.0. The molecule has 7 rings (SSSR count). The number of oxazole rings is 1. The highest BCUT2D eigenvalue weighted by molar-refractivity contribution is 5.98.